The Balaban J connectivity index is 3.54. The quantitative estimate of drug-likeness (QED) is 0.0322. The van der Waals surface area contributed by atoms with E-state index >= 15 is 0 Å². The molecule has 0 fully saturated rings. The zero-order valence-corrected chi connectivity index (χ0v) is 39.5. The van der Waals surface area contributed by atoms with E-state index < -0.39 is 12.1 Å². The van der Waals surface area contributed by atoms with Crippen LogP contribution in [0.5, 0.6) is 0 Å². The molecule has 3 N–H and O–H groups in total. The zero-order valence-electron chi connectivity index (χ0n) is 39.5. The molecule has 0 radical (unpaired) electrons. The van der Waals surface area contributed by atoms with Gasteiger partial charge in [0.05, 0.1) is 25.4 Å². The molecule has 0 aliphatic rings. The van der Waals surface area contributed by atoms with Crippen LogP contribution in [0, 0.1) is 0 Å². The van der Waals surface area contributed by atoms with Crippen LogP contribution in [0.15, 0.2) is 24.3 Å². The van der Waals surface area contributed by atoms with E-state index in [2.05, 4.69) is 43.5 Å². The van der Waals surface area contributed by atoms with Gasteiger partial charge in [-0.15, -0.1) is 0 Å². The Morgan fingerprint density at radius 3 is 1.24 bits per heavy atom. The van der Waals surface area contributed by atoms with Gasteiger partial charge in [0.2, 0.25) is 5.91 Å². The molecule has 0 aliphatic carbocycles. The van der Waals surface area contributed by atoms with Crippen LogP contribution < -0.4 is 5.32 Å². The third-order valence-corrected chi connectivity index (χ3v) is 12.0. The van der Waals surface area contributed by atoms with Gasteiger partial charge in [0.1, 0.15) is 0 Å². The summed E-state index contributed by atoms with van der Waals surface area (Å²) >= 11 is 0. The van der Waals surface area contributed by atoms with Gasteiger partial charge in [0.15, 0.2) is 0 Å². The number of esters is 1. The van der Waals surface area contributed by atoms with Crippen molar-refractivity contribution in [2.45, 2.75) is 289 Å². The van der Waals surface area contributed by atoms with Crippen molar-refractivity contribution < 1.29 is 24.5 Å². The molecule has 0 rings (SSSR count). The van der Waals surface area contributed by atoms with Crippen LogP contribution in [0.2, 0.25) is 0 Å². The van der Waals surface area contributed by atoms with E-state index in [0.29, 0.717) is 25.9 Å². The number of nitrogens with one attached hydrogen (secondary N) is 1. The topological polar surface area (TPSA) is 95.9 Å². The number of ether oxygens (including phenoxy) is 1. The van der Waals surface area contributed by atoms with Gasteiger partial charge in [0.25, 0.3) is 0 Å². The first kappa shape index (κ1) is 57.3. The summed E-state index contributed by atoms with van der Waals surface area (Å²) in [4.78, 5) is 24.5. The lowest BCUT2D eigenvalue weighted by atomic mass is 10.0. The number of allylic oxidation sites excluding steroid dienone is 4. The van der Waals surface area contributed by atoms with E-state index in [1.165, 1.54) is 173 Å². The Bertz CT molecular complexity index is 920. The number of carbonyl (C=O) groups excluding carboxylic acids is 2. The van der Waals surface area contributed by atoms with Crippen LogP contribution in [-0.4, -0.2) is 47.4 Å². The normalized spacial score (nSPS) is 12.8. The first-order valence-corrected chi connectivity index (χ1v) is 26.1. The second-order valence-corrected chi connectivity index (χ2v) is 17.8. The largest absolute Gasteiger partial charge is 0.466 e. The van der Waals surface area contributed by atoms with Crippen molar-refractivity contribution in [2.75, 3.05) is 13.2 Å². The minimum absolute atomic E-state index is 0.0433. The lowest BCUT2D eigenvalue weighted by Crippen LogP contribution is -2.45. The van der Waals surface area contributed by atoms with Crippen LogP contribution in [0.25, 0.3) is 0 Å². The average molecular weight is 832 g/mol. The molecular formula is C53H101NO5. The van der Waals surface area contributed by atoms with Crippen LogP contribution in [0.3, 0.4) is 0 Å². The molecule has 1 amide bonds. The maximum atomic E-state index is 12.4. The molecule has 0 saturated carbocycles. The Morgan fingerprint density at radius 1 is 0.458 bits per heavy atom. The van der Waals surface area contributed by atoms with Gasteiger partial charge in [-0.05, 0) is 70.6 Å². The molecule has 0 bridgehead atoms. The third-order valence-electron chi connectivity index (χ3n) is 12.0. The average Bonchev–Trinajstić information content (AvgIpc) is 3.24. The van der Waals surface area contributed by atoms with E-state index in [4.69, 9.17) is 4.74 Å². The smallest absolute Gasteiger partial charge is 0.305 e. The van der Waals surface area contributed by atoms with Crippen molar-refractivity contribution in [3.63, 3.8) is 0 Å². The SMILES string of the molecule is CCCCCCCC/C=C\CCCCCCCC(=O)OCCCCCC/C=C\CCCC(=O)NC(CO)C(O)CCCCCCCCCCCCCCCCCCCC. The van der Waals surface area contributed by atoms with Crippen LogP contribution in [-0.2, 0) is 14.3 Å². The summed E-state index contributed by atoms with van der Waals surface area (Å²) in [7, 11) is 0. The number of amides is 1. The van der Waals surface area contributed by atoms with Crippen molar-refractivity contribution in [3.8, 4) is 0 Å². The van der Waals surface area contributed by atoms with Gasteiger partial charge in [-0.25, -0.2) is 0 Å². The lowest BCUT2D eigenvalue weighted by Gasteiger charge is -2.22. The van der Waals surface area contributed by atoms with Gasteiger partial charge in [-0.1, -0.05) is 218 Å². The van der Waals surface area contributed by atoms with Crippen molar-refractivity contribution in [2.24, 2.45) is 0 Å². The molecule has 59 heavy (non-hydrogen) atoms. The van der Waals surface area contributed by atoms with E-state index in [1.807, 2.05) is 0 Å². The standard InChI is InChI=1S/C53H101NO5/c1-3-5-7-9-11-13-15-17-19-20-21-23-24-26-29-33-37-41-45-51(56)50(49-55)54-52(57)46-42-38-34-30-28-32-36-40-44-48-59-53(58)47-43-39-35-31-27-25-22-18-16-14-12-10-8-6-4-2/h18,22,30,34,50-51,55-56H,3-17,19-21,23-29,31-33,35-49H2,1-2H3,(H,54,57)/b22-18-,34-30-. The minimum Gasteiger partial charge on any atom is -0.466 e. The Hall–Kier alpha value is -1.66. The van der Waals surface area contributed by atoms with Gasteiger partial charge in [-0.3, -0.25) is 9.59 Å². The zero-order chi connectivity index (χ0) is 43.0. The Kier molecular flexibility index (Phi) is 47.6. The summed E-state index contributed by atoms with van der Waals surface area (Å²) in [5, 5.41) is 23.2. The van der Waals surface area contributed by atoms with E-state index in [9.17, 15) is 19.8 Å². The van der Waals surface area contributed by atoms with Gasteiger partial charge in [0, 0.05) is 12.8 Å². The van der Waals surface area contributed by atoms with Gasteiger partial charge < -0.3 is 20.3 Å². The van der Waals surface area contributed by atoms with Crippen LogP contribution >= 0.6 is 0 Å². The molecule has 0 aliphatic heterocycles. The summed E-state index contributed by atoms with van der Waals surface area (Å²) < 4.78 is 5.43. The molecule has 0 aromatic carbocycles. The third kappa shape index (κ3) is 45.7. The Labute approximate surface area is 367 Å². The predicted octanol–water partition coefficient (Wildman–Crippen LogP) is 15.5. The van der Waals surface area contributed by atoms with Gasteiger partial charge in [-0.2, -0.15) is 0 Å². The number of hydrogen-bond acceptors (Lipinski definition) is 5. The molecule has 2 unspecified atom stereocenters. The molecule has 0 spiro atoms. The molecular weight excluding hydrogens is 731 g/mol. The fourth-order valence-corrected chi connectivity index (χ4v) is 7.93. The molecule has 348 valence electrons. The number of rotatable bonds is 48. The summed E-state index contributed by atoms with van der Waals surface area (Å²) in [6, 6.07) is -0.579. The summed E-state index contributed by atoms with van der Waals surface area (Å²) in [6.07, 6.45) is 57.3. The fraction of sp³-hybridized carbons (Fsp3) is 0.887. The molecule has 6 heteroatoms. The highest BCUT2D eigenvalue weighted by Gasteiger charge is 2.20. The number of hydrogen-bond donors (Lipinski definition) is 3. The summed E-state index contributed by atoms with van der Waals surface area (Å²) in [5.41, 5.74) is 0. The first-order chi connectivity index (χ1) is 29.0. The monoisotopic (exact) mass is 832 g/mol. The number of carbonyl (C=O) groups is 2. The van der Waals surface area contributed by atoms with Crippen molar-refractivity contribution >= 4 is 11.9 Å². The number of aliphatic hydroxyl groups excluding tert-OH is 2. The van der Waals surface area contributed by atoms with Crippen LogP contribution in [0.4, 0.5) is 0 Å². The molecule has 6 nitrogen and oxygen atoms in total. The van der Waals surface area contributed by atoms with Gasteiger partial charge >= 0.3 is 5.97 Å². The molecule has 2 atom stereocenters. The maximum absolute atomic E-state index is 12.4. The molecule has 0 heterocycles. The second-order valence-electron chi connectivity index (χ2n) is 17.8. The predicted molar refractivity (Wildman–Crippen MR) is 255 cm³/mol. The highest BCUT2D eigenvalue weighted by atomic mass is 16.5. The van der Waals surface area contributed by atoms with Crippen LogP contribution in [0.1, 0.15) is 277 Å². The number of unbranched alkanes of at least 4 members (excludes halogenated alkanes) is 33. The summed E-state index contributed by atoms with van der Waals surface area (Å²) in [5.74, 6) is -0.138. The minimum atomic E-state index is -0.695. The lowest BCUT2D eigenvalue weighted by molar-refractivity contribution is -0.143. The fourth-order valence-electron chi connectivity index (χ4n) is 7.93. The highest BCUT2D eigenvalue weighted by molar-refractivity contribution is 5.76. The van der Waals surface area contributed by atoms with E-state index in [-0.39, 0.29) is 18.5 Å². The number of aliphatic hydroxyl groups is 2. The van der Waals surface area contributed by atoms with E-state index in [0.717, 1.165) is 70.6 Å². The molecule has 0 aromatic rings. The maximum Gasteiger partial charge on any atom is 0.305 e. The molecule has 0 saturated heterocycles. The van der Waals surface area contributed by atoms with Crippen molar-refractivity contribution in [1.82, 2.24) is 5.32 Å². The summed E-state index contributed by atoms with van der Waals surface area (Å²) in [6.45, 7) is 4.86. The highest BCUT2D eigenvalue weighted by Crippen LogP contribution is 2.16. The Morgan fingerprint density at radius 2 is 0.814 bits per heavy atom. The van der Waals surface area contributed by atoms with E-state index in [1.54, 1.807) is 0 Å². The van der Waals surface area contributed by atoms with Crippen molar-refractivity contribution in [1.29, 1.82) is 0 Å². The second kappa shape index (κ2) is 49.0. The first-order valence-electron chi connectivity index (χ1n) is 26.1. The van der Waals surface area contributed by atoms with Crippen molar-refractivity contribution in [3.05, 3.63) is 24.3 Å². The molecule has 0 aromatic heterocycles.